The molecule has 5 nitrogen and oxygen atoms in total. The number of carbonyl (C=O) groups excluding carboxylic acids is 1. The molecule has 0 unspecified atom stereocenters. The smallest absolute Gasteiger partial charge is 0.251 e. The van der Waals surface area contributed by atoms with E-state index in [0.717, 1.165) is 35.1 Å². The number of nitrogens with two attached hydrogens (primary N) is 1. The predicted octanol–water partition coefficient (Wildman–Crippen LogP) is 6.34. The lowest BCUT2D eigenvalue weighted by Gasteiger charge is -2.16. The largest absolute Gasteiger partial charge is 0.493 e. The number of nitrogens with one attached hydrogen (secondary N) is 2. The average molecular weight is 514 g/mol. The first-order valence-electron chi connectivity index (χ1n) is 11.5. The molecule has 0 aliphatic carbocycles. The van der Waals surface area contributed by atoms with E-state index in [-0.39, 0.29) is 28.1 Å². The number of carbonyl (C=O) groups is 1. The molecule has 4 N–H and O–H groups in total. The molecule has 1 aliphatic rings. The second-order valence-corrected chi connectivity index (χ2v) is 9.04. The minimum absolute atomic E-state index is 0.0103. The molecule has 3 aromatic rings. The molecule has 0 atom stereocenters. The van der Waals surface area contributed by atoms with Crippen molar-refractivity contribution in [3.8, 4) is 16.9 Å². The van der Waals surface area contributed by atoms with Gasteiger partial charge in [0.25, 0.3) is 5.91 Å². The summed E-state index contributed by atoms with van der Waals surface area (Å²) in [6, 6.07) is 10.6. The maximum Gasteiger partial charge on any atom is 0.251 e. The van der Waals surface area contributed by atoms with Crippen molar-refractivity contribution in [3.05, 3.63) is 77.1 Å². The molecule has 0 bridgehead atoms. The highest BCUT2D eigenvalue weighted by molar-refractivity contribution is 8.00. The van der Waals surface area contributed by atoms with Crippen molar-refractivity contribution in [1.29, 1.82) is 0 Å². The molecule has 0 fully saturated rings. The van der Waals surface area contributed by atoms with Crippen molar-refractivity contribution < 1.29 is 22.7 Å². The van der Waals surface area contributed by atoms with Crippen LogP contribution in [0.5, 0.6) is 5.75 Å². The number of unbranched alkanes of at least 4 members (excludes halogenated alkanes) is 1. The van der Waals surface area contributed by atoms with Crippen LogP contribution in [0.15, 0.2) is 53.4 Å². The fourth-order valence-corrected chi connectivity index (χ4v) is 4.89. The summed E-state index contributed by atoms with van der Waals surface area (Å²) in [5.74, 6) is -2.54. The van der Waals surface area contributed by atoms with Crippen LogP contribution in [-0.2, 0) is 11.2 Å². The summed E-state index contributed by atoms with van der Waals surface area (Å²) in [5, 5.41) is 2.51. The summed E-state index contributed by atoms with van der Waals surface area (Å²) in [6.45, 7) is 2.52. The van der Waals surface area contributed by atoms with E-state index in [1.807, 2.05) is 25.1 Å². The van der Waals surface area contributed by atoms with E-state index >= 15 is 8.78 Å². The van der Waals surface area contributed by atoms with E-state index in [0.29, 0.717) is 13.0 Å². The van der Waals surface area contributed by atoms with Gasteiger partial charge in [-0.1, -0.05) is 37.6 Å². The topological polar surface area (TPSA) is 76.4 Å². The van der Waals surface area contributed by atoms with E-state index < -0.39 is 28.9 Å². The molecule has 0 aromatic heterocycles. The van der Waals surface area contributed by atoms with E-state index in [9.17, 15) is 9.18 Å². The Morgan fingerprint density at radius 2 is 1.94 bits per heavy atom. The number of likely N-dealkylation sites (N-methyl/N-ethyl adjacent to an activating group) is 1. The third-order valence-corrected chi connectivity index (χ3v) is 6.83. The molecule has 3 aromatic carbocycles. The molecule has 1 aliphatic heterocycles. The van der Waals surface area contributed by atoms with Crippen molar-refractivity contribution in [2.45, 2.75) is 31.1 Å². The average Bonchev–Trinajstić information content (AvgIpc) is 3.36. The van der Waals surface area contributed by atoms with Crippen molar-refractivity contribution in [1.82, 2.24) is 5.32 Å². The third-order valence-electron chi connectivity index (χ3n) is 5.91. The van der Waals surface area contributed by atoms with Gasteiger partial charge in [-0.05, 0) is 42.6 Å². The van der Waals surface area contributed by atoms with Crippen molar-refractivity contribution >= 4 is 34.8 Å². The zero-order valence-electron chi connectivity index (χ0n) is 19.9. The summed E-state index contributed by atoms with van der Waals surface area (Å²) in [4.78, 5) is 13.2. The first-order valence-corrected chi connectivity index (χ1v) is 12.4. The molecular weight excluding hydrogens is 487 g/mol. The van der Waals surface area contributed by atoms with Crippen LogP contribution in [0.1, 0.15) is 30.9 Å². The second kappa shape index (κ2) is 11.0. The van der Waals surface area contributed by atoms with Gasteiger partial charge in [0.05, 0.1) is 23.5 Å². The number of hydrogen-bond acceptors (Lipinski definition) is 5. The van der Waals surface area contributed by atoms with Crippen LogP contribution in [0, 0.1) is 17.5 Å². The molecule has 188 valence electrons. The maximum atomic E-state index is 15.5. The van der Waals surface area contributed by atoms with E-state index in [1.54, 1.807) is 6.08 Å². The summed E-state index contributed by atoms with van der Waals surface area (Å²) in [6.07, 6.45) is 3.75. The molecule has 0 saturated heterocycles. The van der Waals surface area contributed by atoms with Crippen LogP contribution in [0.3, 0.4) is 0 Å². The number of rotatable bonds is 8. The van der Waals surface area contributed by atoms with Gasteiger partial charge in [0.15, 0.2) is 11.6 Å². The Balaban J connectivity index is 1.69. The number of ether oxygens (including phenoxy) is 1. The lowest BCUT2D eigenvalue weighted by atomic mass is 9.95. The van der Waals surface area contributed by atoms with Crippen molar-refractivity contribution in [2.24, 2.45) is 0 Å². The molecule has 36 heavy (non-hydrogen) atoms. The molecule has 9 heteroatoms. The van der Waals surface area contributed by atoms with Crippen LogP contribution in [0.25, 0.3) is 16.7 Å². The van der Waals surface area contributed by atoms with Crippen LogP contribution < -0.4 is 20.5 Å². The number of nitrogen functional groups attached to an aromatic ring is 1. The van der Waals surface area contributed by atoms with Crippen molar-refractivity contribution in [2.75, 3.05) is 24.1 Å². The number of amides is 1. The number of benzene rings is 3. The molecule has 0 radical (unpaired) electrons. The number of halogens is 3. The lowest BCUT2D eigenvalue weighted by Crippen LogP contribution is -2.20. The van der Waals surface area contributed by atoms with Gasteiger partial charge in [-0.15, -0.1) is 0 Å². The minimum atomic E-state index is -1.00. The normalized spacial score (nSPS) is 12.8. The Morgan fingerprint density at radius 3 is 2.69 bits per heavy atom. The van der Waals surface area contributed by atoms with Crippen LogP contribution >= 0.6 is 11.9 Å². The monoisotopic (exact) mass is 513 g/mol. The summed E-state index contributed by atoms with van der Waals surface area (Å²) in [5.41, 5.74) is 6.17. The highest BCUT2D eigenvalue weighted by Crippen LogP contribution is 2.39. The first kappa shape index (κ1) is 25.5. The molecule has 0 spiro atoms. The number of hydrogen-bond donors (Lipinski definition) is 3. The fourth-order valence-electron chi connectivity index (χ4n) is 4.04. The minimum Gasteiger partial charge on any atom is -0.493 e. The lowest BCUT2D eigenvalue weighted by molar-refractivity contribution is -0.115. The number of allylic oxidation sites excluding steroid dienone is 1. The Hall–Kier alpha value is -3.59. The van der Waals surface area contributed by atoms with Gasteiger partial charge in [-0.25, -0.2) is 13.2 Å². The van der Waals surface area contributed by atoms with Gasteiger partial charge in [-0.3, -0.25) is 4.79 Å². The predicted molar refractivity (Wildman–Crippen MR) is 138 cm³/mol. The maximum absolute atomic E-state index is 15.5. The number of anilines is 2. The summed E-state index contributed by atoms with van der Waals surface area (Å²) in [7, 11) is 1.46. The highest BCUT2D eigenvalue weighted by atomic mass is 32.2. The Morgan fingerprint density at radius 1 is 1.14 bits per heavy atom. The fraction of sp³-hybridized carbons (Fsp3) is 0.222. The van der Waals surface area contributed by atoms with Gasteiger partial charge in [0.2, 0.25) is 0 Å². The van der Waals surface area contributed by atoms with E-state index in [4.69, 9.17) is 10.5 Å². The highest BCUT2D eigenvalue weighted by Gasteiger charge is 2.24. The van der Waals surface area contributed by atoms with Crippen molar-refractivity contribution in [3.63, 3.8) is 0 Å². The van der Waals surface area contributed by atoms with Gasteiger partial charge < -0.3 is 20.5 Å². The molecule has 1 amide bonds. The van der Waals surface area contributed by atoms with E-state index in [1.165, 1.54) is 37.2 Å². The Kier molecular flexibility index (Phi) is 7.79. The molecule has 1 heterocycles. The van der Waals surface area contributed by atoms with E-state index in [2.05, 4.69) is 10.0 Å². The second-order valence-electron chi connectivity index (χ2n) is 8.19. The summed E-state index contributed by atoms with van der Waals surface area (Å²) < 4.78 is 54.2. The van der Waals surface area contributed by atoms with Crippen LogP contribution in [0.2, 0.25) is 0 Å². The van der Waals surface area contributed by atoms with Crippen LogP contribution in [0.4, 0.5) is 24.5 Å². The van der Waals surface area contributed by atoms with Gasteiger partial charge in [0.1, 0.15) is 11.6 Å². The zero-order chi connectivity index (χ0) is 25.8. The summed E-state index contributed by atoms with van der Waals surface area (Å²) >= 11 is 1.17. The standard InChI is InChI=1S/C27H26F3N3O2S/c1-3-4-6-16(27(34)32-2)15-9-10-18(24(29)26(15)31)23-19(28)11-12-20(25(23)30)33-36-22-8-5-7-21-17(22)13-14-35-21/h5-12,33H,3-4,13-14,31H2,1-2H3,(H,32,34)/b16-6+. The molecule has 0 saturated carbocycles. The Labute approximate surface area is 212 Å². The zero-order valence-corrected chi connectivity index (χ0v) is 20.7. The van der Waals surface area contributed by atoms with Gasteiger partial charge in [-0.2, -0.15) is 0 Å². The van der Waals surface area contributed by atoms with Crippen LogP contribution in [-0.4, -0.2) is 19.6 Å². The third kappa shape index (κ3) is 4.88. The molecular formula is C27H26F3N3O2S. The van der Waals surface area contributed by atoms with Gasteiger partial charge in [0, 0.05) is 40.6 Å². The Bertz CT molecular complexity index is 1340. The SMILES string of the molecule is CCC/C=C(/C(=O)NC)c1ccc(-c2c(F)ccc(NSc3cccc4c3CCO4)c2F)c(F)c1N. The van der Waals surface area contributed by atoms with Gasteiger partial charge >= 0.3 is 0 Å². The molecule has 4 rings (SSSR count). The first-order chi connectivity index (χ1) is 17.4. The number of fused-ring (bicyclic) bond motifs is 1. The quantitative estimate of drug-likeness (QED) is 0.186.